The van der Waals surface area contributed by atoms with Gasteiger partial charge in [0, 0.05) is 37.1 Å². The van der Waals surface area contributed by atoms with Crippen molar-refractivity contribution < 1.29 is 4.79 Å². The Balaban J connectivity index is 1.68. The molecule has 0 bridgehead atoms. The van der Waals surface area contributed by atoms with Gasteiger partial charge >= 0.3 is 0 Å². The summed E-state index contributed by atoms with van der Waals surface area (Å²) in [5.41, 5.74) is 6.56. The second-order valence-corrected chi connectivity index (χ2v) is 5.12. The Morgan fingerprint density at radius 2 is 1.86 bits per heavy atom. The number of hydrogen-bond donors (Lipinski definition) is 1. The van der Waals surface area contributed by atoms with Crippen LogP contribution in [0.1, 0.15) is 34.9 Å². The minimum Gasteiger partial charge on any atom is -0.364 e. The van der Waals surface area contributed by atoms with Crippen molar-refractivity contribution >= 4 is 11.9 Å². The second kappa shape index (κ2) is 5.87. The smallest absolute Gasteiger partial charge is 0.267 e. The fraction of sp³-hybridized carbons (Fsp3) is 0.333. The zero-order valence-corrected chi connectivity index (χ0v) is 11.6. The molecule has 0 aliphatic carbocycles. The summed E-state index contributed by atoms with van der Waals surface area (Å²) in [5.74, 6) is 0.644. The van der Waals surface area contributed by atoms with Crippen molar-refractivity contribution in [3.8, 4) is 0 Å². The summed E-state index contributed by atoms with van der Waals surface area (Å²) in [6.07, 6.45) is 5.44. The van der Waals surface area contributed by atoms with Crippen molar-refractivity contribution in [3.05, 3.63) is 48.0 Å². The van der Waals surface area contributed by atoms with Gasteiger partial charge in [0.2, 0.25) is 5.95 Å². The summed E-state index contributed by atoms with van der Waals surface area (Å²) in [7, 11) is 0. The highest BCUT2D eigenvalue weighted by Gasteiger charge is 2.23. The lowest BCUT2D eigenvalue weighted by atomic mass is 9.93. The number of carbonyl (C=O) groups is 1. The minimum atomic E-state index is -0.480. The third-order valence-electron chi connectivity index (χ3n) is 3.77. The first-order chi connectivity index (χ1) is 10.2. The van der Waals surface area contributed by atoms with Crippen LogP contribution in [0.2, 0.25) is 0 Å². The van der Waals surface area contributed by atoms with E-state index in [9.17, 15) is 4.79 Å². The van der Waals surface area contributed by atoms with E-state index >= 15 is 0 Å². The van der Waals surface area contributed by atoms with Crippen LogP contribution in [0.5, 0.6) is 0 Å². The molecule has 1 aliphatic rings. The molecule has 108 valence electrons. The Bertz CT molecular complexity index is 623. The first-order valence-electron chi connectivity index (χ1n) is 7.03. The number of primary amides is 1. The van der Waals surface area contributed by atoms with E-state index in [0.29, 0.717) is 11.6 Å². The van der Waals surface area contributed by atoms with Crippen LogP contribution in [0.15, 0.2) is 36.7 Å². The van der Waals surface area contributed by atoms with E-state index < -0.39 is 5.91 Å². The van der Waals surface area contributed by atoms with Crippen LogP contribution in [0.25, 0.3) is 0 Å². The lowest BCUT2D eigenvalue weighted by Crippen LogP contribution is -2.34. The molecule has 0 aromatic carbocycles. The maximum absolute atomic E-state index is 11.2. The molecule has 1 saturated heterocycles. The van der Waals surface area contributed by atoms with Crippen LogP contribution in [-0.4, -0.2) is 33.9 Å². The number of nitrogens with zero attached hydrogens (tertiary/aromatic N) is 4. The third-order valence-corrected chi connectivity index (χ3v) is 3.77. The van der Waals surface area contributed by atoms with Gasteiger partial charge in [-0.05, 0) is 31.0 Å². The molecule has 2 aromatic rings. The lowest BCUT2D eigenvalue weighted by molar-refractivity contribution is 0.0995. The fourth-order valence-corrected chi connectivity index (χ4v) is 2.65. The number of pyridine rings is 1. The van der Waals surface area contributed by atoms with Gasteiger partial charge in [-0.1, -0.05) is 6.07 Å². The highest BCUT2D eigenvalue weighted by molar-refractivity contribution is 5.90. The van der Waals surface area contributed by atoms with Gasteiger partial charge in [0.15, 0.2) is 0 Å². The molecule has 0 radical (unpaired) electrons. The Morgan fingerprint density at radius 3 is 2.52 bits per heavy atom. The van der Waals surface area contributed by atoms with Crippen LogP contribution in [0.3, 0.4) is 0 Å². The molecule has 0 spiro atoms. The van der Waals surface area contributed by atoms with Gasteiger partial charge < -0.3 is 10.6 Å². The number of rotatable bonds is 3. The molecule has 3 rings (SSSR count). The van der Waals surface area contributed by atoms with Gasteiger partial charge in [-0.25, -0.2) is 15.0 Å². The molecule has 1 amide bonds. The number of nitrogens with two attached hydrogens (primary N) is 1. The van der Waals surface area contributed by atoms with Crippen molar-refractivity contribution in [2.75, 3.05) is 18.0 Å². The van der Waals surface area contributed by atoms with Gasteiger partial charge in [-0.2, -0.15) is 0 Å². The minimum absolute atomic E-state index is 0.335. The molecular formula is C15H17N5O. The zero-order chi connectivity index (χ0) is 14.7. The number of carbonyl (C=O) groups excluding carboxylic acids is 1. The molecule has 3 heterocycles. The Morgan fingerprint density at radius 1 is 1.14 bits per heavy atom. The van der Waals surface area contributed by atoms with Crippen molar-refractivity contribution in [2.24, 2.45) is 5.73 Å². The van der Waals surface area contributed by atoms with Crippen LogP contribution >= 0.6 is 0 Å². The van der Waals surface area contributed by atoms with E-state index in [0.717, 1.165) is 37.6 Å². The van der Waals surface area contributed by atoms with E-state index in [1.54, 1.807) is 18.5 Å². The van der Waals surface area contributed by atoms with Gasteiger partial charge in [-0.3, -0.25) is 4.79 Å². The summed E-state index contributed by atoms with van der Waals surface area (Å²) in [4.78, 5) is 26.3. The monoisotopic (exact) mass is 283 g/mol. The predicted molar refractivity (Wildman–Crippen MR) is 79.0 cm³/mol. The number of aromatic nitrogens is 3. The summed E-state index contributed by atoms with van der Waals surface area (Å²) in [6, 6.07) is 7.27. The van der Waals surface area contributed by atoms with E-state index in [-0.39, 0.29) is 0 Å². The summed E-state index contributed by atoms with van der Waals surface area (Å²) in [5, 5.41) is 0. The number of amides is 1. The Labute approximate surface area is 123 Å². The van der Waals surface area contributed by atoms with Crippen molar-refractivity contribution in [1.82, 2.24) is 15.0 Å². The summed E-state index contributed by atoms with van der Waals surface area (Å²) >= 11 is 0. The van der Waals surface area contributed by atoms with E-state index in [2.05, 4.69) is 19.9 Å². The van der Waals surface area contributed by atoms with Crippen molar-refractivity contribution in [2.45, 2.75) is 18.8 Å². The summed E-state index contributed by atoms with van der Waals surface area (Å²) in [6.45, 7) is 1.77. The molecule has 0 atom stereocenters. The molecule has 0 saturated carbocycles. The fourth-order valence-electron chi connectivity index (χ4n) is 2.65. The van der Waals surface area contributed by atoms with E-state index in [1.807, 2.05) is 18.2 Å². The number of hydrogen-bond acceptors (Lipinski definition) is 5. The van der Waals surface area contributed by atoms with Crippen LogP contribution in [0.4, 0.5) is 5.95 Å². The molecule has 21 heavy (non-hydrogen) atoms. The highest BCUT2D eigenvalue weighted by atomic mass is 16.1. The SMILES string of the molecule is NC(=O)c1cccc(C2CCN(c3ncccn3)CC2)n1. The second-order valence-electron chi connectivity index (χ2n) is 5.12. The Hall–Kier alpha value is -2.50. The first kappa shape index (κ1) is 13.5. The molecule has 2 N–H and O–H groups in total. The maximum Gasteiger partial charge on any atom is 0.267 e. The molecule has 6 nitrogen and oxygen atoms in total. The maximum atomic E-state index is 11.2. The van der Waals surface area contributed by atoms with Gasteiger partial charge in [-0.15, -0.1) is 0 Å². The van der Waals surface area contributed by atoms with Gasteiger partial charge in [0.1, 0.15) is 5.69 Å². The first-order valence-corrected chi connectivity index (χ1v) is 7.03. The lowest BCUT2D eigenvalue weighted by Gasteiger charge is -2.31. The normalized spacial score (nSPS) is 15.9. The highest BCUT2D eigenvalue weighted by Crippen LogP contribution is 2.28. The Kier molecular flexibility index (Phi) is 3.77. The molecular weight excluding hydrogens is 266 g/mol. The van der Waals surface area contributed by atoms with E-state index in [4.69, 9.17) is 5.73 Å². The number of piperidine rings is 1. The van der Waals surface area contributed by atoms with Gasteiger partial charge in [0.05, 0.1) is 0 Å². The van der Waals surface area contributed by atoms with Crippen LogP contribution in [-0.2, 0) is 0 Å². The molecule has 6 heteroatoms. The van der Waals surface area contributed by atoms with Crippen molar-refractivity contribution in [1.29, 1.82) is 0 Å². The van der Waals surface area contributed by atoms with Crippen LogP contribution < -0.4 is 10.6 Å². The topological polar surface area (TPSA) is 85.0 Å². The van der Waals surface area contributed by atoms with Crippen molar-refractivity contribution in [3.63, 3.8) is 0 Å². The standard InChI is InChI=1S/C15H17N5O/c16-14(21)13-4-1-3-12(19-13)11-5-9-20(10-6-11)15-17-7-2-8-18-15/h1-4,7-8,11H,5-6,9-10H2,(H2,16,21). The number of anilines is 1. The third kappa shape index (κ3) is 2.99. The average Bonchev–Trinajstić information content (AvgIpc) is 2.56. The van der Waals surface area contributed by atoms with Crippen LogP contribution in [0, 0.1) is 0 Å². The average molecular weight is 283 g/mol. The predicted octanol–water partition coefficient (Wildman–Crippen LogP) is 1.35. The summed E-state index contributed by atoms with van der Waals surface area (Å²) < 4.78 is 0. The molecule has 1 fully saturated rings. The zero-order valence-electron chi connectivity index (χ0n) is 11.6. The quantitative estimate of drug-likeness (QED) is 0.919. The molecule has 1 aliphatic heterocycles. The molecule has 0 unspecified atom stereocenters. The molecule has 2 aromatic heterocycles. The largest absolute Gasteiger partial charge is 0.364 e. The van der Waals surface area contributed by atoms with E-state index in [1.165, 1.54) is 0 Å². The van der Waals surface area contributed by atoms with Gasteiger partial charge in [0.25, 0.3) is 5.91 Å².